The van der Waals surface area contributed by atoms with Crippen molar-refractivity contribution >= 4 is 175 Å². The largest absolute Gasteiger partial charge is 0.508 e. The van der Waals surface area contributed by atoms with Gasteiger partial charge in [0.15, 0.2) is 66.1 Å². The number of carboxylic acids is 1. The number of aromatic carboxylic acids is 1. The zero-order valence-electron chi connectivity index (χ0n) is 79.6. The molecule has 0 bridgehead atoms. The fraction of sp³-hybridized carbons (Fsp3) is 0.368. The number of nitrogens with zero attached hydrogens (tertiary/aromatic N) is 14. The summed E-state index contributed by atoms with van der Waals surface area (Å²) >= 11 is 44.4. The number of halogens is 14. The maximum Gasteiger partial charge on any atom is 0.495 e. The molecule has 13 heterocycles. The molecule has 2 aliphatic rings. The van der Waals surface area contributed by atoms with Gasteiger partial charge in [0, 0.05) is 62.5 Å². The molecule has 14 rings (SSSR count). The van der Waals surface area contributed by atoms with Crippen LogP contribution >= 0.6 is 92.8 Å². The van der Waals surface area contributed by atoms with Crippen LogP contribution in [0, 0.1) is 68.5 Å². The van der Waals surface area contributed by atoms with E-state index in [9.17, 15) is 64.7 Å². The second-order valence-electron chi connectivity index (χ2n) is 34.5. The summed E-state index contributed by atoms with van der Waals surface area (Å²) < 4.78 is 87.6. The number of benzene rings is 1. The molecule has 5 amide bonds. The van der Waals surface area contributed by atoms with Crippen LogP contribution in [0.3, 0.4) is 0 Å². The van der Waals surface area contributed by atoms with Crippen LogP contribution in [0.4, 0.5) is 53.1 Å². The van der Waals surface area contributed by atoms with Crippen LogP contribution in [0.5, 0.6) is 5.75 Å². The summed E-state index contributed by atoms with van der Waals surface area (Å²) in [5.41, 5.74) is 16.4. The molecule has 770 valence electrons. The Hall–Kier alpha value is -12.0. The number of fused-ring (bicyclic) bond motifs is 2. The summed E-state index contributed by atoms with van der Waals surface area (Å²) in [6, 6.07) is 15.4. The van der Waals surface area contributed by atoms with Crippen molar-refractivity contribution in [2.75, 3.05) is 35.6 Å². The number of piperazine rings is 1. The first-order valence-corrected chi connectivity index (χ1v) is 46.2. The van der Waals surface area contributed by atoms with Crippen molar-refractivity contribution < 1.29 is 75.3 Å². The van der Waals surface area contributed by atoms with Gasteiger partial charge >= 0.3 is 36.6 Å². The molecule has 143 heavy (non-hydrogen) atoms. The second kappa shape index (κ2) is 53.6. The number of hydrogen-bond donors (Lipinski definition) is 10. The lowest BCUT2D eigenvalue weighted by Crippen LogP contribution is -2.57. The van der Waals surface area contributed by atoms with E-state index in [0.717, 1.165) is 102 Å². The van der Waals surface area contributed by atoms with Gasteiger partial charge in [0.1, 0.15) is 38.4 Å². The summed E-state index contributed by atoms with van der Waals surface area (Å²) in [5.74, 6) is -7.01. The Kier molecular flexibility index (Phi) is 45.5. The minimum atomic E-state index is -1.98. The number of amides is 5. The highest BCUT2D eigenvalue weighted by Crippen LogP contribution is 2.36. The van der Waals surface area contributed by atoms with Gasteiger partial charge in [0.25, 0.3) is 17.4 Å². The number of nitrogens with one attached hydrogen (secondary N) is 4. The molecule has 0 saturated carbocycles. The Morgan fingerprint density at radius 2 is 0.972 bits per heavy atom. The SMILES string of the molecule is C.C.C[C@@H]1CN[C@@H](C)CN1C(=O)OC(C)(C)C.Cc1ccnc(C(C)C)c1-n1c(=O)[nH]c(=O)c2cc(F)c(Cl)nc21.Cc1ccnc(C(C)C)c1-n1c(=O)nc(N2C[C@@H](C)CC[C@@H]2C)c2cc(F)c(Cl)nc21.Cc1ccnc(C(C)C)c1N.Cc1ccnc(C(C)C)c1NC(=O)NC(=O)c1cc(F)c(Cl)nc1Cl.NC(=O)c1cc(F)c(Cl)nc1Cl.O=C(O)c1cc(F)c(Cl)nc1Cl.OB(O)c1c(O)cccc1F. The van der Waals surface area contributed by atoms with Gasteiger partial charge in [-0.1, -0.05) is 176 Å². The van der Waals surface area contributed by atoms with Crippen molar-refractivity contribution in [3.8, 4) is 17.1 Å². The number of aromatic amines is 1. The number of ether oxygens (including phenoxy) is 1. The Morgan fingerprint density at radius 3 is 1.44 bits per heavy atom. The molecule has 1 aromatic carbocycles. The topological polar surface area (TPSA) is 476 Å². The zero-order chi connectivity index (χ0) is 106. The average Bonchev–Trinajstić information content (AvgIpc) is 0.744. The molecule has 2 aliphatic heterocycles. The molecule has 12 aromatic rings. The molecule has 0 radical (unpaired) electrons. The molecule has 48 heteroatoms. The number of aromatic hydroxyl groups is 1. The van der Waals surface area contributed by atoms with Crippen molar-refractivity contribution in [2.45, 2.75) is 207 Å². The Labute approximate surface area is 861 Å². The van der Waals surface area contributed by atoms with E-state index in [-0.39, 0.29) is 98.7 Å². The van der Waals surface area contributed by atoms with Crippen LogP contribution in [0.15, 0.2) is 112 Å². The van der Waals surface area contributed by atoms with E-state index in [4.69, 9.17) is 129 Å². The van der Waals surface area contributed by atoms with E-state index in [2.05, 4.69) is 110 Å². The van der Waals surface area contributed by atoms with Crippen LogP contribution < -0.4 is 54.7 Å². The van der Waals surface area contributed by atoms with Crippen molar-refractivity contribution in [3.63, 3.8) is 0 Å². The number of carbonyl (C=O) groups excluding carboxylic acids is 4. The van der Waals surface area contributed by atoms with E-state index in [1.165, 1.54) is 27.3 Å². The number of nitrogen functional groups attached to an aromatic ring is 1. The lowest BCUT2D eigenvalue weighted by molar-refractivity contribution is 0.0104. The minimum absolute atomic E-state index is 0. The normalized spacial score (nSPS) is 14.1. The maximum absolute atomic E-state index is 14.6. The number of H-pyrrole nitrogens is 1. The molecule has 12 N–H and O–H groups in total. The third kappa shape index (κ3) is 32.3. The Bertz CT molecular complexity index is 6730. The van der Waals surface area contributed by atoms with Gasteiger partial charge in [-0.3, -0.25) is 44.6 Å². The number of nitrogens with two attached hydrogens (primary N) is 2. The monoisotopic (exact) mass is 2140 g/mol. The lowest BCUT2D eigenvalue weighted by atomic mass is 9.79. The summed E-state index contributed by atoms with van der Waals surface area (Å²) in [6.45, 7) is 39.8. The number of aryl methyl sites for hydroxylation is 4. The first-order chi connectivity index (χ1) is 65.8. The van der Waals surface area contributed by atoms with Gasteiger partial charge in [-0.2, -0.15) is 4.98 Å². The number of hydrogen-bond acceptors (Lipinski definition) is 25. The van der Waals surface area contributed by atoms with Gasteiger partial charge in [0.2, 0.25) is 0 Å². The molecule has 0 unspecified atom stereocenters. The second-order valence-corrected chi connectivity index (χ2v) is 37.3. The van der Waals surface area contributed by atoms with Crippen LogP contribution in [-0.2, 0) is 4.74 Å². The molecule has 11 aromatic heterocycles. The number of carboxylic acid groups (broad SMARTS) is 1. The highest BCUT2D eigenvalue weighted by Gasteiger charge is 2.33. The highest BCUT2D eigenvalue weighted by atomic mass is 35.5. The third-order valence-electron chi connectivity index (χ3n) is 20.9. The number of phenolic OH excluding ortho intramolecular Hbond substituents is 1. The van der Waals surface area contributed by atoms with E-state index < -0.39 is 121 Å². The first kappa shape index (κ1) is 122. The Balaban J connectivity index is 0.000000296. The number of rotatable bonds is 12. The predicted octanol–water partition coefficient (Wildman–Crippen LogP) is 20.1. The van der Waals surface area contributed by atoms with Gasteiger partial charge < -0.3 is 56.9 Å². The number of carbonyl (C=O) groups is 5. The van der Waals surface area contributed by atoms with E-state index in [0.29, 0.717) is 63.2 Å². The van der Waals surface area contributed by atoms with Gasteiger partial charge in [-0.25, -0.2) is 84.4 Å². The minimum Gasteiger partial charge on any atom is -0.508 e. The molecular weight excluding hydrogens is 2040 g/mol. The van der Waals surface area contributed by atoms with Crippen molar-refractivity contribution in [3.05, 3.63) is 267 Å². The van der Waals surface area contributed by atoms with Gasteiger partial charge in [-0.05, 0) is 201 Å². The molecule has 2 fully saturated rings. The number of pyridine rings is 9. The standard InChI is InChI=1S/C23H27ClFN5O.C16H15Cl2FN4O2.C16H14ClFN4O2.C11H22N2O2.C9H14N2.C6H6BFO3.C6H3Cl2FN2O.C6H2Cl2FNO2.2CH4/c1-12(2)18-19(14(4)8-9-26-18)30-22-16(10-17(25)20(24)27-22)21(28-23(30)31)29-11-13(3)6-7-15(29)5;1-7(2)11-12(8(3)4-5-20-11)21-16(25)23-15(24)9-6-10(19)14(18)22-13(9)17;1-7(2)11-12(8(3)4-5-19-11)22-14-9(15(23)21-16(22)24)6-10(18)13(17)20-14;1-8-7-13(9(2)6-12-8)10(14)15-11(3,4)5;1-6(2)9-8(10)7(3)4-5-11-9;8-4-2-1-3-5(9)6(4)7(10)11;7-4-2(6(10)12)1-3(9)5(8)11-4;7-4-2(6(11)12)1-3(9)5(8)10-4;;/h8-10,12-13,15H,6-7,11H2,1-5H3;4-7H,1-3H3,(H2,21,23,24,25);4-7H,1-3H3,(H,21,23,24);8-9,12H,6-7H2,1-5H3;4-6H,10H2,1-3H3;1-3,9-11H;1H,(H2,10,12);1H,(H,11,12);2*1H4/t13-,15-;;;8-,9+;;;;;;/m0..0....../s1. The van der Waals surface area contributed by atoms with Crippen LogP contribution in [0.25, 0.3) is 33.4 Å². The third-order valence-corrected chi connectivity index (χ3v) is 23.0. The lowest BCUT2D eigenvalue weighted by Gasteiger charge is -2.38. The number of anilines is 3. The van der Waals surface area contributed by atoms with Crippen molar-refractivity contribution in [2.24, 2.45) is 11.7 Å². The molecule has 2 saturated heterocycles. The maximum atomic E-state index is 14.6. The Morgan fingerprint density at radius 1 is 0.538 bits per heavy atom. The van der Waals surface area contributed by atoms with Crippen LogP contribution in [0.2, 0.25) is 41.2 Å². The van der Waals surface area contributed by atoms with E-state index in [1.54, 1.807) is 48.7 Å². The number of piperidine rings is 1. The number of imide groups is 1. The fourth-order valence-electron chi connectivity index (χ4n) is 13.7. The van der Waals surface area contributed by atoms with Gasteiger partial charge in [-0.15, -0.1) is 0 Å². The van der Waals surface area contributed by atoms with Crippen LogP contribution in [0.1, 0.15) is 231 Å². The first-order valence-electron chi connectivity index (χ1n) is 43.2. The summed E-state index contributed by atoms with van der Waals surface area (Å²) in [4.78, 5) is 141. The number of aromatic nitrogens is 13. The van der Waals surface area contributed by atoms with Crippen LogP contribution in [-0.4, -0.2) is 170 Å². The molecule has 33 nitrogen and oxygen atoms in total. The van der Waals surface area contributed by atoms with E-state index >= 15 is 0 Å². The number of urea groups is 1. The number of phenols is 1. The van der Waals surface area contributed by atoms with E-state index in [1.807, 2.05) is 102 Å². The zero-order valence-corrected chi connectivity index (χ0v) is 85.7. The average molecular weight is 2150 g/mol. The fourth-order valence-corrected chi connectivity index (χ4v) is 15.2. The highest BCUT2D eigenvalue weighted by molar-refractivity contribution is 6.59. The molecular formula is C95H111BCl8F6N20O13. The quantitative estimate of drug-likeness (QED) is 0.0308. The predicted molar refractivity (Wildman–Crippen MR) is 548 cm³/mol. The smallest absolute Gasteiger partial charge is 0.495 e. The molecule has 0 aliphatic carbocycles. The number of primary amides is 1. The van der Waals surface area contributed by atoms with Crippen molar-refractivity contribution in [1.29, 1.82) is 0 Å². The van der Waals surface area contributed by atoms with Crippen molar-refractivity contribution in [1.82, 2.24) is 79.5 Å². The molecule has 4 atom stereocenters. The molecule has 0 spiro atoms. The van der Waals surface area contributed by atoms with Gasteiger partial charge in [0.05, 0.1) is 78.5 Å². The summed E-state index contributed by atoms with van der Waals surface area (Å²) in [7, 11) is -1.98. The summed E-state index contributed by atoms with van der Waals surface area (Å²) in [6.07, 6.45) is 8.70. The summed E-state index contributed by atoms with van der Waals surface area (Å²) in [5, 5.41) is 40.0.